The van der Waals surface area contributed by atoms with Crippen LogP contribution in [0.15, 0.2) is 30.3 Å². The van der Waals surface area contributed by atoms with E-state index in [0.29, 0.717) is 15.9 Å². The number of aromatic nitrogens is 1. The number of benzene rings is 1. The van der Waals surface area contributed by atoms with Crippen LogP contribution in [0, 0.1) is 10.1 Å². The summed E-state index contributed by atoms with van der Waals surface area (Å²) in [6.45, 7) is 4.19. The van der Waals surface area contributed by atoms with Crippen molar-refractivity contribution in [3.05, 3.63) is 50.9 Å². The van der Waals surface area contributed by atoms with Crippen LogP contribution in [-0.4, -0.2) is 15.8 Å². The van der Waals surface area contributed by atoms with Crippen LogP contribution < -0.4 is 5.32 Å². The summed E-state index contributed by atoms with van der Waals surface area (Å²) >= 11 is 2.24. The lowest BCUT2D eigenvalue weighted by Gasteiger charge is -2.04. The molecule has 0 saturated heterocycles. The zero-order chi connectivity index (χ0) is 16.6. The molecule has 0 aliphatic carbocycles. The summed E-state index contributed by atoms with van der Waals surface area (Å²) in [6, 6.07) is 8.75. The average Bonchev–Trinajstić information content (AvgIpc) is 3.12. The number of para-hydroxylation sites is 1. The Morgan fingerprint density at radius 3 is 2.70 bits per heavy atom. The summed E-state index contributed by atoms with van der Waals surface area (Å²) in [4.78, 5) is 27.2. The molecule has 1 N–H and O–H groups in total. The molecule has 2 heterocycles. The molecule has 0 saturated carbocycles. The first-order valence-electron chi connectivity index (χ1n) is 6.90. The maximum Gasteiger partial charge on any atom is 0.324 e. The Morgan fingerprint density at radius 1 is 1.26 bits per heavy atom. The number of carbonyl (C=O) groups excluding carboxylic acids is 1. The van der Waals surface area contributed by atoms with Crippen molar-refractivity contribution in [3.8, 4) is 0 Å². The molecule has 8 heteroatoms. The molecule has 0 aliphatic rings. The number of thiazole rings is 1. The number of hydrogen-bond donors (Lipinski definition) is 1. The Balaban J connectivity index is 1.87. The average molecular weight is 347 g/mol. The Kier molecular flexibility index (Phi) is 4.10. The van der Waals surface area contributed by atoms with E-state index in [-0.39, 0.29) is 10.9 Å². The van der Waals surface area contributed by atoms with Gasteiger partial charge in [0.25, 0.3) is 5.91 Å². The maximum absolute atomic E-state index is 12.2. The minimum absolute atomic E-state index is 0.0541. The molecule has 0 bridgehead atoms. The van der Waals surface area contributed by atoms with Crippen LogP contribution in [0.25, 0.3) is 10.2 Å². The highest BCUT2D eigenvalue weighted by Gasteiger charge is 2.17. The first-order valence-corrected chi connectivity index (χ1v) is 8.54. The molecule has 6 nitrogen and oxygen atoms in total. The van der Waals surface area contributed by atoms with Gasteiger partial charge in [-0.3, -0.25) is 20.2 Å². The van der Waals surface area contributed by atoms with E-state index in [1.54, 1.807) is 0 Å². The van der Waals surface area contributed by atoms with Gasteiger partial charge in [0.2, 0.25) is 0 Å². The van der Waals surface area contributed by atoms with E-state index in [4.69, 9.17) is 0 Å². The Morgan fingerprint density at radius 2 is 2.04 bits per heavy atom. The van der Waals surface area contributed by atoms with Crippen LogP contribution in [-0.2, 0) is 0 Å². The van der Waals surface area contributed by atoms with E-state index < -0.39 is 4.92 Å². The molecule has 3 rings (SSSR count). The predicted octanol–water partition coefficient (Wildman–Crippen LogP) is 4.64. The van der Waals surface area contributed by atoms with E-state index >= 15 is 0 Å². The molecule has 1 amide bonds. The number of hydrogen-bond acceptors (Lipinski definition) is 6. The molecule has 2 aromatic heterocycles. The lowest BCUT2D eigenvalue weighted by Crippen LogP contribution is -2.09. The molecule has 0 atom stereocenters. The number of nitrogens with one attached hydrogen (secondary N) is 1. The molecule has 23 heavy (non-hydrogen) atoms. The van der Waals surface area contributed by atoms with Crippen LogP contribution in [0.5, 0.6) is 0 Å². The van der Waals surface area contributed by atoms with Gasteiger partial charge in [-0.25, -0.2) is 4.98 Å². The van der Waals surface area contributed by atoms with Gasteiger partial charge in [0, 0.05) is 6.07 Å². The van der Waals surface area contributed by atoms with Gasteiger partial charge >= 0.3 is 5.00 Å². The van der Waals surface area contributed by atoms with Crippen molar-refractivity contribution in [2.24, 2.45) is 0 Å². The summed E-state index contributed by atoms with van der Waals surface area (Å²) in [5.41, 5.74) is 2.02. The van der Waals surface area contributed by atoms with Gasteiger partial charge in [-0.1, -0.05) is 48.7 Å². The quantitative estimate of drug-likeness (QED) is 0.550. The molecule has 0 radical (unpaired) electrons. The third-order valence-electron chi connectivity index (χ3n) is 3.29. The zero-order valence-corrected chi connectivity index (χ0v) is 14.0. The van der Waals surface area contributed by atoms with Crippen molar-refractivity contribution >= 4 is 48.9 Å². The van der Waals surface area contributed by atoms with Gasteiger partial charge in [-0.2, -0.15) is 0 Å². The second-order valence-corrected chi connectivity index (χ2v) is 7.31. The third-order valence-corrected chi connectivity index (χ3v) is 5.26. The third kappa shape index (κ3) is 3.08. The molecule has 0 spiro atoms. The monoisotopic (exact) mass is 347 g/mol. The highest BCUT2D eigenvalue weighted by atomic mass is 32.1. The number of anilines is 1. The summed E-state index contributed by atoms with van der Waals surface area (Å²) in [7, 11) is 0. The molecule has 3 aromatic rings. The largest absolute Gasteiger partial charge is 0.324 e. The highest BCUT2D eigenvalue weighted by Crippen LogP contribution is 2.32. The first-order chi connectivity index (χ1) is 11.0. The molecular weight excluding hydrogens is 334 g/mol. The standard InChI is InChI=1S/C15H13N3O3S2/c1-8(2)9-4-3-5-10-13(9)16-15(23-10)17-14(19)11-6-7-12(22-11)18(20)21/h3-8H,1-2H3,(H,16,17,19). The lowest BCUT2D eigenvalue weighted by molar-refractivity contribution is -0.380. The van der Waals surface area contributed by atoms with Crippen molar-refractivity contribution in [2.75, 3.05) is 5.32 Å². The van der Waals surface area contributed by atoms with Crippen LogP contribution in [0.2, 0.25) is 0 Å². The van der Waals surface area contributed by atoms with Gasteiger partial charge in [0.15, 0.2) is 5.13 Å². The van der Waals surface area contributed by atoms with Crippen molar-refractivity contribution in [1.82, 2.24) is 4.98 Å². The summed E-state index contributed by atoms with van der Waals surface area (Å²) in [5, 5.41) is 13.9. The smallest absolute Gasteiger partial charge is 0.297 e. The summed E-state index contributed by atoms with van der Waals surface area (Å²) < 4.78 is 1.00. The summed E-state index contributed by atoms with van der Waals surface area (Å²) in [6.07, 6.45) is 0. The molecule has 1 aromatic carbocycles. The van der Waals surface area contributed by atoms with Gasteiger partial charge in [-0.05, 0) is 23.6 Å². The number of nitrogens with zero attached hydrogens (tertiary/aromatic N) is 2. The van der Waals surface area contributed by atoms with Crippen molar-refractivity contribution in [2.45, 2.75) is 19.8 Å². The Labute approximate surface area is 139 Å². The number of thiophene rings is 1. The minimum atomic E-state index is -0.506. The number of rotatable bonds is 4. The van der Waals surface area contributed by atoms with Gasteiger partial charge in [-0.15, -0.1) is 0 Å². The fourth-order valence-electron chi connectivity index (χ4n) is 2.20. The van der Waals surface area contributed by atoms with Crippen molar-refractivity contribution in [3.63, 3.8) is 0 Å². The first kappa shape index (κ1) is 15.6. The Bertz CT molecular complexity index is 898. The van der Waals surface area contributed by atoms with Crippen LogP contribution in [0.1, 0.15) is 35.0 Å². The highest BCUT2D eigenvalue weighted by molar-refractivity contribution is 7.22. The lowest BCUT2D eigenvalue weighted by atomic mass is 10.0. The maximum atomic E-state index is 12.2. The molecular formula is C15H13N3O3S2. The fraction of sp³-hybridized carbons (Fsp3) is 0.200. The van der Waals surface area contributed by atoms with Gasteiger partial charge in [0.1, 0.15) is 0 Å². The molecule has 118 valence electrons. The SMILES string of the molecule is CC(C)c1cccc2sc(NC(=O)c3ccc([N+](=O)[O-])s3)nc12. The van der Waals surface area contributed by atoms with Crippen molar-refractivity contribution in [1.29, 1.82) is 0 Å². The molecule has 0 aliphatic heterocycles. The van der Waals surface area contributed by atoms with Gasteiger partial charge < -0.3 is 0 Å². The number of fused-ring (bicyclic) bond motifs is 1. The minimum Gasteiger partial charge on any atom is -0.297 e. The van der Waals surface area contributed by atoms with E-state index in [0.717, 1.165) is 27.1 Å². The number of amides is 1. The van der Waals surface area contributed by atoms with E-state index in [1.807, 2.05) is 18.2 Å². The number of carbonyl (C=O) groups is 1. The predicted molar refractivity (Wildman–Crippen MR) is 92.6 cm³/mol. The van der Waals surface area contributed by atoms with Crippen LogP contribution >= 0.6 is 22.7 Å². The van der Waals surface area contributed by atoms with E-state index in [9.17, 15) is 14.9 Å². The Hall–Kier alpha value is -2.32. The topological polar surface area (TPSA) is 85.1 Å². The zero-order valence-electron chi connectivity index (χ0n) is 12.4. The molecule has 0 unspecified atom stereocenters. The normalized spacial score (nSPS) is 11.1. The number of nitro groups is 1. The van der Waals surface area contributed by atoms with Crippen LogP contribution in [0.4, 0.5) is 10.1 Å². The van der Waals surface area contributed by atoms with Crippen molar-refractivity contribution < 1.29 is 9.72 Å². The molecule has 0 fully saturated rings. The van der Waals surface area contributed by atoms with Crippen LogP contribution in [0.3, 0.4) is 0 Å². The van der Waals surface area contributed by atoms with E-state index in [1.165, 1.54) is 23.5 Å². The van der Waals surface area contributed by atoms with E-state index in [2.05, 4.69) is 24.1 Å². The second kappa shape index (κ2) is 6.05. The fourth-order valence-corrected chi connectivity index (χ4v) is 3.81. The second-order valence-electron chi connectivity index (χ2n) is 5.22. The summed E-state index contributed by atoms with van der Waals surface area (Å²) in [5.74, 6) is -0.0439. The van der Waals surface area contributed by atoms with Gasteiger partial charge in [0.05, 0.1) is 20.0 Å².